The van der Waals surface area contributed by atoms with Gasteiger partial charge >= 0.3 is 16.5 Å². The fourth-order valence-corrected chi connectivity index (χ4v) is 5.59. The van der Waals surface area contributed by atoms with Crippen molar-refractivity contribution in [2.45, 2.75) is 0 Å². The molecule has 3 aromatic heterocycles. The van der Waals surface area contributed by atoms with E-state index in [-0.39, 0.29) is 16.5 Å². The molecule has 9 rings (SSSR count). The summed E-state index contributed by atoms with van der Waals surface area (Å²) in [6, 6.07) is 32.2. The molecule has 0 aliphatic carbocycles. The van der Waals surface area contributed by atoms with Crippen molar-refractivity contribution in [1.82, 2.24) is 39.9 Å². The van der Waals surface area contributed by atoms with Gasteiger partial charge in [-0.3, -0.25) is 0 Å². The second-order valence-electron chi connectivity index (χ2n) is 10.6. The summed E-state index contributed by atoms with van der Waals surface area (Å²) in [5.74, 6) is 2.39. The Labute approximate surface area is 307 Å². The van der Waals surface area contributed by atoms with Crippen molar-refractivity contribution in [2.75, 3.05) is 0 Å². The van der Waals surface area contributed by atoms with Crippen LogP contribution < -0.4 is 0 Å². The summed E-state index contributed by atoms with van der Waals surface area (Å²) in [5.41, 5.74) is 6.45. The van der Waals surface area contributed by atoms with Crippen LogP contribution in [0.5, 0.6) is 0 Å². The van der Waals surface area contributed by atoms with Crippen molar-refractivity contribution in [3.63, 3.8) is 0 Å². The zero-order chi connectivity index (χ0) is 35.2. The molecule has 0 saturated carbocycles. The number of benzene rings is 4. The summed E-state index contributed by atoms with van der Waals surface area (Å²) in [4.78, 5) is 36.8. The summed E-state index contributed by atoms with van der Waals surface area (Å²) in [7, 11) is -0.995. The summed E-state index contributed by atoms with van der Waals surface area (Å²) < 4.78 is 53.1. The van der Waals surface area contributed by atoms with Crippen LogP contribution in [0.15, 0.2) is 97.1 Å². The minimum absolute atomic E-state index is 0. The van der Waals surface area contributed by atoms with Crippen molar-refractivity contribution < 1.29 is 42.4 Å². The molecule has 0 radical (unpaired) electrons. The van der Waals surface area contributed by atoms with E-state index in [1.807, 2.05) is 97.1 Å². The maximum atomic E-state index is 8.84. The molecule has 258 valence electrons. The van der Waals surface area contributed by atoms with E-state index in [1.165, 1.54) is 0 Å². The summed E-state index contributed by atoms with van der Waals surface area (Å²) in [6.07, 6.45) is 0. The number of fused-ring (bicyclic) bond motifs is 20. The van der Waals surface area contributed by atoms with E-state index >= 15 is 0 Å². The van der Waals surface area contributed by atoms with E-state index in [4.69, 9.17) is 55.8 Å². The first-order valence-electron chi connectivity index (χ1n) is 14.3. The Bertz CT molecular complexity index is 2520. The Hall–Kier alpha value is -4.87. The average molecular weight is 804 g/mol. The number of aromatic amines is 2. The van der Waals surface area contributed by atoms with Crippen molar-refractivity contribution >= 4 is 84.2 Å². The summed E-state index contributed by atoms with van der Waals surface area (Å²) >= 11 is 0. The van der Waals surface area contributed by atoms with Gasteiger partial charge in [-0.05, 0) is 0 Å². The van der Waals surface area contributed by atoms with Gasteiger partial charge in [0.25, 0.3) is 0 Å². The van der Waals surface area contributed by atoms with E-state index in [9.17, 15) is 0 Å². The minimum atomic E-state index is -4.44. The fraction of sp³-hybridized carbons (Fsp3) is 0. The van der Waals surface area contributed by atoms with Crippen molar-refractivity contribution in [3.8, 4) is 45.6 Å². The molecule has 2 N–H and O–H groups in total. The zero-order valence-electron chi connectivity index (χ0n) is 25.3. The van der Waals surface area contributed by atoms with Crippen LogP contribution in [0.3, 0.4) is 0 Å². The van der Waals surface area contributed by atoms with E-state index in [0.717, 1.165) is 43.8 Å². The smallest absolute Gasteiger partial charge is 0.735 e. The van der Waals surface area contributed by atoms with Crippen LogP contribution in [-0.2, 0) is 35.2 Å². The van der Waals surface area contributed by atoms with Crippen LogP contribution in [0.2, 0.25) is 0 Å². The molecule has 51 heavy (non-hydrogen) atoms. The molecule has 0 unspecified atom stereocenters. The predicted octanol–water partition coefficient (Wildman–Crippen LogP) is 6.24. The van der Waals surface area contributed by atoms with Gasteiger partial charge in [-0.25, -0.2) is 46.7 Å². The van der Waals surface area contributed by atoms with Crippen LogP contribution >= 0.6 is 21.4 Å². The van der Waals surface area contributed by atoms with Gasteiger partial charge in [-0.1, -0.05) is 97.1 Å². The van der Waals surface area contributed by atoms with Gasteiger partial charge in [0, 0.05) is 65.2 Å². The number of aromatic nitrogens is 8. The number of halogens is 2. The molecule has 14 nitrogen and oxygen atoms in total. The second kappa shape index (κ2) is 14.0. The number of hydrogen-bond donors (Lipinski definition) is 2. The van der Waals surface area contributed by atoms with Gasteiger partial charge in [0.1, 0.15) is 22.6 Å². The molecule has 4 aromatic carbocycles. The van der Waals surface area contributed by atoms with E-state index < -0.39 is 18.7 Å². The molecule has 0 saturated heterocycles. The van der Waals surface area contributed by atoms with Gasteiger partial charge in [0.05, 0.1) is 0 Å². The zero-order valence-corrected chi connectivity index (χ0v) is 29.4. The topological polar surface area (TPSA) is 223 Å². The molecule has 0 atom stereocenters. The van der Waals surface area contributed by atoms with E-state index in [1.54, 1.807) is 0 Å². The molecule has 0 amide bonds. The van der Waals surface area contributed by atoms with Crippen molar-refractivity contribution in [1.29, 1.82) is 0 Å². The normalized spacial score (nSPS) is 11.7. The maximum Gasteiger partial charge on any atom is 2.00 e. The number of hydrogen-bond acceptors (Lipinski definition) is 12. The standard InChI is InChI=1S/C32H18N8.2ClHO3S.Ni/c1-2-10-18-17(9-1)25-33-26(18)38-28-21-13-5-6-14-22(21)30(35-28)40-32-24-16-8-7-15-23(24)31(36-32)39-29-20-12-4-3-11-19(20)27(34-29)37-25;2*1-5(2,3)4;/h1-16H,(H2,33,34,35,36,37,38,39,40);2*(H,2,3,4);/q;;;+2/p-2. The Kier molecular flexibility index (Phi) is 9.89. The van der Waals surface area contributed by atoms with Crippen molar-refractivity contribution in [3.05, 3.63) is 97.1 Å². The maximum absolute atomic E-state index is 8.84. The summed E-state index contributed by atoms with van der Waals surface area (Å²) in [6.45, 7) is 0. The predicted molar refractivity (Wildman–Crippen MR) is 187 cm³/mol. The molecule has 0 spiro atoms. The van der Waals surface area contributed by atoms with Crippen LogP contribution in [0, 0.1) is 0 Å². The van der Waals surface area contributed by atoms with Gasteiger partial charge in [0.15, 0.2) is 42.0 Å². The van der Waals surface area contributed by atoms with Gasteiger partial charge in [0.2, 0.25) is 0 Å². The molecular weight excluding hydrogens is 786 g/mol. The number of nitrogens with zero attached hydrogens (tertiary/aromatic N) is 6. The molecule has 8 bridgehead atoms. The largest absolute Gasteiger partial charge is 2.00 e. The van der Waals surface area contributed by atoms with Crippen LogP contribution in [0.1, 0.15) is 0 Å². The van der Waals surface area contributed by atoms with E-state index in [2.05, 4.69) is 31.3 Å². The van der Waals surface area contributed by atoms with Crippen molar-refractivity contribution in [2.24, 2.45) is 0 Å². The monoisotopic (exact) mass is 802 g/mol. The first kappa shape index (κ1) is 35.9. The van der Waals surface area contributed by atoms with Gasteiger partial charge in [-0.15, -0.1) is 0 Å². The van der Waals surface area contributed by atoms with Crippen LogP contribution in [0.25, 0.3) is 89.7 Å². The number of rotatable bonds is 0. The Balaban J connectivity index is 0.000000363. The third-order valence-corrected chi connectivity index (χ3v) is 7.46. The third kappa shape index (κ3) is 7.89. The quantitative estimate of drug-likeness (QED) is 0.0988. The van der Waals surface area contributed by atoms with Gasteiger partial charge < -0.3 is 19.1 Å². The van der Waals surface area contributed by atoms with E-state index in [0.29, 0.717) is 45.9 Å². The Morgan fingerprint density at radius 3 is 0.824 bits per heavy atom. The fourth-order valence-electron chi connectivity index (χ4n) is 5.59. The number of nitrogens with one attached hydrogen (secondary N) is 2. The SMILES string of the molecule is O=S(=O)([O-])Cl.O=S(=O)([O-])Cl.[Ni+2].c1ccc2c(c1)-c1nc-2nc2[nH]c(nc3nc(nc4[nH]c(n1)c1ccccc41)-c1ccccc1-3)c1ccccc21. The minimum Gasteiger partial charge on any atom is -0.735 e. The van der Waals surface area contributed by atoms with Gasteiger partial charge in [-0.2, -0.15) is 0 Å². The third-order valence-electron chi connectivity index (χ3n) is 7.46. The average Bonchev–Trinajstić information content (AvgIpc) is 3.79. The Morgan fingerprint density at radius 1 is 0.412 bits per heavy atom. The molecule has 2 aliphatic rings. The molecule has 19 heteroatoms. The Morgan fingerprint density at radius 2 is 0.608 bits per heavy atom. The molecule has 5 heterocycles. The van der Waals surface area contributed by atoms with Crippen LogP contribution in [0.4, 0.5) is 0 Å². The first-order valence-corrected chi connectivity index (χ1v) is 18.8. The molecule has 7 aromatic rings. The summed E-state index contributed by atoms with van der Waals surface area (Å²) in [5, 5.41) is 3.82. The molecular formula is C32H18Cl2N8NiO6S2. The second-order valence-corrected chi connectivity index (χ2v) is 14.4. The van der Waals surface area contributed by atoms with Crippen LogP contribution in [-0.4, -0.2) is 65.8 Å². The first-order chi connectivity index (χ1) is 23.8. The molecule has 2 aliphatic heterocycles. The number of H-pyrrole nitrogens is 2. The molecule has 0 fully saturated rings.